The van der Waals surface area contributed by atoms with E-state index in [4.69, 9.17) is 14.0 Å². The minimum absolute atomic E-state index is 0.164. The Morgan fingerprint density at radius 3 is 2.35 bits per heavy atom. The largest absolute Gasteiger partial charge is 0.469 e. The highest BCUT2D eigenvalue weighted by molar-refractivity contribution is 6.51. The van der Waals surface area contributed by atoms with Crippen LogP contribution in [0, 0.1) is 0 Å². The van der Waals surface area contributed by atoms with E-state index in [2.05, 4.69) is 38.7 Å². The summed E-state index contributed by atoms with van der Waals surface area (Å²) >= 11 is 0. The van der Waals surface area contributed by atoms with Crippen LogP contribution in [-0.4, -0.2) is 36.4 Å². The number of carbonyl (C=O) groups excluding carboxylic acids is 1. The third-order valence-corrected chi connectivity index (χ3v) is 6.21. The smallest absolute Gasteiger partial charge is 0.465 e. The molecule has 1 aliphatic heterocycles. The van der Waals surface area contributed by atoms with Gasteiger partial charge < -0.3 is 14.0 Å². The van der Waals surface area contributed by atoms with E-state index in [9.17, 15) is 4.79 Å². The van der Waals surface area contributed by atoms with Crippen LogP contribution < -0.4 is 0 Å². The van der Waals surface area contributed by atoms with Crippen molar-refractivity contribution in [2.45, 2.75) is 57.1 Å². The van der Waals surface area contributed by atoms with E-state index in [0.29, 0.717) is 5.56 Å². The first kappa shape index (κ1) is 17.5. The summed E-state index contributed by atoms with van der Waals surface area (Å²) in [5, 5.41) is 0.641. The highest BCUT2D eigenvalue weighted by atomic mass is 16.7. The van der Waals surface area contributed by atoms with Crippen LogP contribution in [0.4, 0.5) is 0 Å². The van der Waals surface area contributed by atoms with Crippen LogP contribution in [0.2, 0.25) is 0 Å². The predicted octanol–water partition coefficient (Wildman–Crippen LogP) is 3.68. The van der Waals surface area contributed by atoms with Crippen LogP contribution in [0.15, 0.2) is 30.5 Å². The first-order valence-corrected chi connectivity index (χ1v) is 9.03. The molecule has 4 rings (SSSR count). The van der Waals surface area contributed by atoms with Gasteiger partial charge in [-0.2, -0.15) is 0 Å². The quantitative estimate of drug-likeness (QED) is 0.622. The standard InChI is InChI=1S/C20H24BNO4/c1-18(2)19(3,4)26-21(25-18)20(9-10-20)13-6-7-16-15(12-13)14(8-11-22-16)17(23)24-5/h6-8,11-12H,9-10H2,1-5H3. The number of methoxy groups -OCH3 is 1. The molecule has 5 nitrogen and oxygen atoms in total. The van der Waals surface area contributed by atoms with Crippen LogP contribution in [0.1, 0.15) is 56.5 Å². The fourth-order valence-corrected chi connectivity index (χ4v) is 3.61. The van der Waals surface area contributed by atoms with Gasteiger partial charge in [0, 0.05) is 16.9 Å². The molecule has 2 fully saturated rings. The van der Waals surface area contributed by atoms with E-state index in [1.165, 1.54) is 7.11 Å². The van der Waals surface area contributed by atoms with E-state index in [-0.39, 0.29) is 29.6 Å². The van der Waals surface area contributed by atoms with Crippen molar-refractivity contribution in [3.8, 4) is 0 Å². The molecule has 6 heteroatoms. The number of fused-ring (bicyclic) bond motifs is 1. The van der Waals surface area contributed by atoms with Crippen molar-refractivity contribution in [2.24, 2.45) is 0 Å². The predicted molar refractivity (Wildman–Crippen MR) is 100 cm³/mol. The third kappa shape index (κ3) is 2.47. The number of nitrogens with zero attached hydrogens (tertiary/aromatic N) is 1. The number of rotatable bonds is 3. The van der Waals surface area contributed by atoms with E-state index >= 15 is 0 Å². The fourth-order valence-electron chi connectivity index (χ4n) is 3.61. The first-order valence-electron chi connectivity index (χ1n) is 9.03. The minimum atomic E-state index is -0.358. The molecule has 0 N–H and O–H groups in total. The lowest BCUT2D eigenvalue weighted by Gasteiger charge is -2.32. The highest BCUT2D eigenvalue weighted by Gasteiger charge is 2.65. The van der Waals surface area contributed by atoms with E-state index in [1.807, 2.05) is 12.1 Å². The van der Waals surface area contributed by atoms with Crippen LogP contribution in [0.3, 0.4) is 0 Å². The molecule has 1 aliphatic carbocycles. The monoisotopic (exact) mass is 353 g/mol. The zero-order valence-electron chi connectivity index (χ0n) is 16.0. The summed E-state index contributed by atoms with van der Waals surface area (Å²) in [4.78, 5) is 16.5. The second-order valence-electron chi connectivity index (χ2n) is 8.33. The molecule has 0 atom stereocenters. The Hall–Kier alpha value is -1.92. The summed E-state index contributed by atoms with van der Waals surface area (Å²) in [6.45, 7) is 8.29. The number of carbonyl (C=O) groups is 1. The van der Waals surface area contributed by atoms with Crippen molar-refractivity contribution in [2.75, 3.05) is 7.11 Å². The van der Waals surface area contributed by atoms with Crippen LogP contribution in [0.25, 0.3) is 10.9 Å². The van der Waals surface area contributed by atoms with Crippen molar-refractivity contribution in [3.05, 3.63) is 41.6 Å². The van der Waals surface area contributed by atoms with Gasteiger partial charge >= 0.3 is 13.1 Å². The lowest BCUT2D eigenvalue weighted by Crippen LogP contribution is -2.41. The molecular formula is C20H24BNO4. The molecule has 0 amide bonds. The summed E-state index contributed by atoms with van der Waals surface area (Å²) in [6, 6.07) is 7.79. The van der Waals surface area contributed by atoms with Crippen molar-refractivity contribution < 1.29 is 18.8 Å². The Labute approximate surface area is 154 Å². The van der Waals surface area contributed by atoms with E-state index < -0.39 is 0 Å². The molecule has 2 heterocycles. The van der Waals surface area contributed by atoms with Crippen LogP contribution in [0.5, 0.6) is 0 Å². The molecule has 0 radical (unpaired) electrons. The summed E-state index contributed by atoms with van der Waals surface area (Å²) in [5.41, 5.74) is 1.72. The Morgan fingerprint density at radius 1 is 1.12 bits per heavy atom. The zero-order valence-corrected chi connectivity index (χ0v) is 16.0. The molecule has 1 aromatic carbocycles. The lowest BCUT2D eigenvalue weighted by atomic mass is 9.64. The summed E-state index contributed by atoms with van der Waals surface area (Å²) in [5.74, 6) is -0.352. The zero-order chi connectivity index (χ0) is 18.7. The van der Waals surface area contributed by atoms with Gasteiger partial charge in [0.1, 0.15) is 0 Å². The number of esters is 1. The van der Waals surface area contributed by atoms with Crippen LogP contribution in [-0.2, 0) is 19.4 Å². The average molecular weight is 353 g/mol. The lowest BCUT2D eigenvalue weighted by molar-refractivity contribution is 0.00578. The molecule has 2 aromatic rings. The van der Waals surface area contributed by atoms with Gasteiger partial charge in [0.2, 0.25) is 0 Å². The maximum atomic E-state index is 12.1. The summed E-state index contributed by atoms with van der Waals surface area (Å²) in [6.07, 6.45) is 3.64. The van der Waals surface area contributed by atoms with Gasteiger partial charge in [0.25, 0.3) is 0 Å². The number of benzene rings is 1. The average Bonchev–Trinajstić information content (AvgIpc) is 3.37. The Bertz CT molecular complexity index is 873. The second-order valence-corrected chi connectivity index (χ2v) is 8.33. The van der Waals surface area contributed by atoms with Crippen molar-refractivity contribution in [3.63, 3.8) is 0 Å². The van der Waals surface area contributed by atoms with Crippen molar-refractivity contribution in [1.29, 1.82) is 0 Å². The van der Waals surface area contributed by atoms with Gasteiger partial charge in [-0.25, -0.2) is 4.79 Å². The molecule has 1 saturated carbocycles. The molecule has 0 bridgehead atoms. The number of aromatic nitrogens is 1. The molecular weight excluding hydrogens is 329 g/mol. The number of hydrogen-bond acceptors (Lipinski definition) is 5. The van der Waals surface area contributed by atoms with Gasteiger partial charge in [-0.15, -0.1) is 0 Å². The minimum Gasteiger partial charge on any atom is -0.465 e. The van der Waals surface area contributed by atoms with Gasteiger partial charge in [0.05, 0.1) is 29.4 Å². The third-order valence-electron chi connectivity index (χ3n) is 6.21. The van der Waals surface area contributed by atoms with Gasteiger partial charge in [-0.3, -0.25) is 4.98 Å². The van der Waals surface area contributed by atoms with Crippen LogP contribution >= 0.6 is 0 Å². The molecule has 1 aromatic heterocycles. The summed E-state index contributed by atoms with van der Waals surface area (Å²) in [7, 11) is 1.11. The Kier molecular flexibility index (Phi) is 3.73. The van der Waals surface area contributed by atoms with Gasteiger partial charge in [-0.05, 0) is 64.3 Å². The van der Waals surface area contributed by atoms with Crippen molar-refractivity contribution in [1.82, 2.24) is 4.98 Å². The topological polar surface area (TPSA) is 57.7 Å². The molecule has 2 aliphatic rings. The molecule has 136 valence electrons. The fraction of sp³-hybridized carbons (Fsp3) is 0.500. The highest BCUT2D eigenvalue weighted by Crippen LogP contribution is 2.55. The maximum Gasteiger partial charge on any atom is 0.469 e. The summed E-state index contributed by atoms with van der Waals surface area (Å²) < 4.78 is 17.6. The molecule has 26 heavy (non-hydrogen) atoms. The normalized spacial score (nSPS) is 22.4. The van der Waals surface area contributed by atoms with E-state index in [1.54, 1.807) is 12.3 Å². The number of pyridine rings is 1. The van der Waals surface area contributed by atoms with Crippen molar-refractivity contribution >= 4 is 24.0 Å². The van der Waals surface area contributed by atoms with Gasteiger partial charge in [-0.1, -0.05) is 6.07 Å². The number of hydrogen-bond donors (Lipinski definition) is 0. The Morgan fingerprint density at radius 2 is 1.77 bits per heavy atom. The molecule has 0 spiro atoms. The maximum absolute atomic E-state index is 12.1. The van der Waals surface area contributed by atoms with E-state index in [0.717, 1.165) is 29.3 Å². The SMILES string of the molecule is COC(=O)c1ccnc2ccc(C3(B4OC(C)(C)C(C)(C)O4)CC3)cc12. The molecule has 1 saturated heterocycles. The molecule has 0 unspecified atom stereocenters. The first-order chi connectivity index (χ1) is 12.2. The number of ether oxygens (including phenoxy) is 1. The van der Waals surface area contributed by atoms with Gasteiger partial charge in [0.15, 0.2) is 0 Å². The second kappa shape index (κ2) is 5.54. The Balaban J connectivity index is 1.77.